The first-order valence-corrected chi connectivity index (χ1v) is 9.81. The van der Waals surface area contributed by atoms with Crippen molar-refractivity contribution in [2.24, 2.45) is 23.5 Å². The Balaban J connectivity index is 5.03. The van der Waals surface area contributed by atoms with E-state index in [4.69, 9.17) is 5.73 Å². The van der Waals surface area contributed by atoms with Crippen molar-refractivity contribution < 1.29 is 24.3 Å². The summed E-state index contributed by atoms with van der Waals surface area (Å²) in [6.45, 7) is 10.5. The number of amides is 3. The van der Waals surface area contributed by atoms with Gasteiger partial charge in [0.2, 0.25) is 17.7 Å². The highest BCUT2D eigenvalue weighted by atomic mass is 16.4. The first-order chi connectivity index (χ1) is 13.0. The molecule has 3 amide bonds. The van der Waals surface area contributed by atoms with Crippen LogP contribution in [0.25, 0.3) is 0 Å². The number of nitrogens with two attached hydrogens (primary N) is 1. The van der Waals surface area contributed by atoms with Crippen LogP contribution in [0.15, 0.2) is 0 Å². The third-order valence-electron chi connectivity index (χ3n) is 5.03. The minimum absolute atomic E-state index is 0.0739. The van der Waals surface area contributed by atoms with E-state index in [-0.39, 0.29) is 24.3 Å². The summed E-state index contributed by atoms with van der Waals surface area (Å²) in [5.74, 6) is -3.21. The van der Waals surface area contributed by atoms with Gasteiger partial charge in [-0.2, -0.15) is 0 Å². The van der Waals surface area contributed by atoms with Crippen molar-refractivity contribution in [1.82, 2.24) is 16.0 Å². The van der Waals surface area contributed by atoms with E-state index in [1.165, 1.54) is 0 Å². The molecule has 0 aromatic heterocycles. The van der Waals surface area contributed by atoms with Crippen molar-refractivity contribution >= 4 is 23.7 Å². The Bertz CT molecular complexity index is 552. The number of carboxylic acid groups (broad SMARTS) is 1. The second kappa shape index (κ2) is 12.3. The summed E-state index contributed by atoms with van der Waals surface area (Å²) in [7, 11) is 0. The van der Waals surface area contributed by atoms with Crippen LogP contribution in [-0.2, 0) is 19.2 Å². The van der Waals surface area contributed by atoms with E-state index >= 15 is 0 Å². The lowest BCUT2D eigenvalue weighted by atomic mass is 9.95. The Kier molecular flexibility index (Phi) is 11.4. The Labute approximate surface area is 167 Å². The highest BCUT2D eigenvalue weighted by Gasteiger charge is 2.32. The van der Waals surface area contributed by atoms with E-state index in [2.05, 4.69) is 16.0 Å². The van der Waals surface area contributed by atoms with E-state index in [1.54, 1.807) is 27.7 Å². The number of carbonyl (C=O) groups is 4. The molecular weight excluding hydrogens is 364 g/mol. The van der Waals surface area contributed by atoms with Gasteiger partial charge in [-0.1, -0.05) is 54.4 Å². The second-order valence-corrected chi connectivity index (χ2v) is 7.63. The monoisotopic (exact) mass is 400 g/mol. The van der Waals surface area contributed by atoms with Crippen molar-refractivity contribution in [3.8, 4) is 0 Å². The lowest BCUT2D eigenvalue weighted by molar-refractivity contribution is -0.144. The third kappa shape index (κ3) is 8.24. The van der Waals surface area contributed by atoms with Crippen LogP contribution in [0.5, 0.6) is 0 Å². The smallest absolute Gasteiger partial charge is 0.326 e. The van der Waals surface area contributed by atoms with Crippen LogP contribution < -0.4 is 21.7 Å². The number of rotatable bonds is 12. The molecule has 0 aliphatic carbocycles. The maximum absolute atomic E-state index is 12.7. The topological polar surface area (TPSA) is 151 Å². The largest absolute Gasteiger partial charge is 0.480 e. The average molecular weight is 401 g/mol. The quantitative estimate of drug-likeness (QED) is 0.316. The van der Waals surface area contributed by atoms with Crippen LogP contribution in [0.4, 0.5) is 0 Å². The highest BCUT2D eigenvalue weighted by Crippen LogP contribution is 2.12. The summed E-state index contributed by atoms with van der Waals surface area (Å²) in [5.41, 5.74) is 5.73. The van der Waals surface area contributed by atoms with Crippen LogP contribution >= 0.6 is 0 Å². The molecule has 0 aromatic rings. The lowest BCUT2D eigenvalue weighted by Gasteiger charge is -2.27. The zero-order chi connectivity index (χ0) is 22.0. The van der Waals surface area contributed by atoms with Gasteiger partial charge in [0.05, 0.1) is 12.6 Å². The summed E-state index contributed by atoms with van der Waals surface area (Å²) < 4.78 is 0. The number of carbonyl (C=O) groups excluding carboxylic acids is 3. The van der Waals surface area contributed by atoms with Gasteiger partial charge in [0.25, 0.3) is 0 Å². The van der Waals surface area contributed by atoms with Crippen molar-refractivity contribution in [3.05, 3.63) is 0 Å². The van der Waals surface area contributed by atoms with Crippen LogP contribution in [0.1, 0.15) is 54.4 Å². The van der Waals surface area contributed by atoms with Gasteiger partial charge < -0.3 is 26.8 Å². The van der Waals surface area contributed by atoms with Crippen molar-refractivity contribution in [3.63, 3.8) is 0 Å². The fourth-order valence-corrected chi connectivity index (χ4v) is 2.44. The van der Waals surface area contributed by atoms with Crippen LogP contribution in [0.3, 0.4) is 0 Å². The summed E-state index contributed by atoms with van der Waals surface area (Å²) in [4.78, 5) is 48.2. The Morgan fingerprint density at radius 2 is 1.36 bits per heavy atom. The molecule has 6 N–H and O–H groups in total. The van der Waals surface area contributed by atoms with Gasteiger partial charge in [-0.25, -0.2) is 4.79 Å². The first kappa shape index (κ1) is 25.8. The van der Waals surface area contributed by atoms with Crippen LogP contribution in [0, 0.1) is 17.8 Å². The van der Waals surface area contributed by atoms with Crippen LogP contribution in [-0.4, -0.2) is 53.5 Å². The van der Waals surface area contributed by atoms with Crippen molar-refractivity contribution in [2.45, 2.75) is 72.5 Å². The molecule has 0 spiro atoms. The molecule has 0 bridgehead atoms. The molecule has 0 radical (unpaired) electrons. The van der Waals surface area contributed by atoms with Crippen molar-refractivity contribution in [2.75, 3.05) is 6.54 Å². The normalized spacial score (nSPS) is 16.4. The number of hydrogen-bond acceptors (Lipinski definition) is 5. The van der Waals surface area contributed by atoms with E-state index < -0.39 is 41.8 Å². The van der Waals surface area contributed by atoms with Crippen LogP contribution in [0.2, 0.25) is 0 Å². The Hall–Kier alpha value is -2.16. The zero-order valence-electron chi connectivity index (χ0n) is 17.7. The van der Waals surface area contributed by atoms with Gasteiger partial charge in [0.15, 0.2) is 0 Å². The molecule has 5 atom stereocenters. The molecule has 0 heterocycles. The molecule has 0 aliphatic heterocycles. The highest BCUT2D eigenvalue weighted by molar-refractivity contribution is 5.92. The minimum Gasteiger partial charge on any atom is -0.480 e. The predicted octanol–water partition coefficient (Wildman–Crippen LogP) is 0.232. The lowest BCUT2D eigenvalue weighted by Crippen LogP contribution is -2.57. The average Bonchev–Trinajstić information content (AvgIpc) is 2.65. The molecule has 0 rings (SSSR count). The predicted molar refractivity (Wildman–Crippen MR) is 106 cm³/mol. The standard InChI is InChI=1S/C19H36N4O5/c1-7-11(5)15(18(26)23-16(19(27)28)12(6)8-2)22-13(24)9-21-17(25)14(20)10(3)4/h10-12,14-16H,7-9,20H2,1-6H3,(H,21,25)(H,22,24)(H,23,26)(H,27,28). The van der Waals surface area contributed by atoms with E-state index in [1.807, 2.05) is 13.8 Å². The fraction of sp³-hybridized carbons (Fsp3) is 0.789. The fourth-order valence-electron chi connectivity index (χ4n) is 2.44. The number of hydrogen-bond donors (Lipinski definition) is 5. The maximum Gasteiger partial charge on any atom is 0.326 e. The Morgan fingerprint density at radius 3 is 1.79 bits per heavy atom. The number of carboxylic acids is 1. The first-order valence-electron chi connectivity index (χ1n) is 9.81. The molecule has 5 unspecified atom stereocenters. The van der Waals surface area contributed by atoms with Gasteiger partial charge in [-0.15, -0.1) is 0 Å². The van der Waals surface area contributed by atoms with Gasteiger partial charge in [0.1, 0.15) is 12.1 Å². The van der Waals surface area contributed by atoms with Gasteiger partial charge in [-0.3, -0.25) is 14.4 Å². The summed E-state index contributed by atoms with van der Waals surface area (Å²) >= 11 is 0. The summed E-state index contributed by atoms with van der Waals surface area (Å²) in [6.07, 6.45) is 1.18. The minimum atomic E-state index is -1.12. The molecule has 0 saturated heterocycles. The van der Waals surface area contributed by atoms with Crippen molar-refractivity contribution in [1.29, 1.82) is 0 Å². The van der Waals surface area contributed by atoms with Gasteiger partial charge in [-0.05, 0) is 17.8 Å². The van der Waals surface area contributed by atoms with E-state index in [0.717, 1.165) is 0 Å². The molecule has 9 heteroatoms. The SMILES string of the molecule is CCC(C)C(NC(=O)C(NC(=O)CNC(=O)C(N)C(C)C)C(C)CC)C(=O)O. The third-order valence-corrected chi connectivity index (χ3v) is 5.03. The molecule has 162 valence electrons. The maximum atomic E-state index is 12.7. The van der Waals surface area contributed by atoms with Gasteiger partial charge in [0, 0.05) is 0 Å². The zero-order valence-corrected chi connectivity index (χ0v) is 17.7. The molecular formula is C19H36N4O5. The molecule has 0 fully saturated rings. The van der Waals surface area contributed by atoms with E-state index in [9.17, 15) is 24.3 Å². The molecule has 28 heavy (non-hydrogen) atoms. The summed E-state index contributed by atoms with van der Waals surface area (Å²) in [5, 5.41) is 16.9. The Morgan fingerprint density at radius 1 is 0.857 bits per heavy atom. The van der Waals surface area contributed by atoms with E-state index in [0.29, 0.717) is 12.8 Å². The molecule has 0 saturated carbocycles. The second-order valence-electron chi connectivity index (χ2n) is 7.63. The molecule has 0 aromatic carbocycles. The molecule has 0 aliphatic rings. The number of aliphatic carboxylic acids is 1. The summed E-state index contributed by atoms with van der Waals surface area (Å²) in [6, 6.07) is -2.67. The number of nitrogens with one attached hydrogen (secondary N) is 3. The van der Waals surface area contributed by atoms with Gasteiger partial charge >= 0.3 is 5.97 Å². The molecule has 9 nitrogen and oxygen atoms in total.